The Kier molecular flexibility index (Phi) is 5.87. The summed E-state index contributed by atoms with van der Waals surface area (Å²) in [7, 11) is 0. The molecule has 27 heavy (non-hydrogen) atoms. The van der Waals surface area contributed by atoms with Gasteiger partial charge in [-0.3, -0.25) is 15.2 Å². The first kappa shape index (κ1) is 18.7. The second kappa shape index (κ2) is 8.50. The first-order chi connectivity index (χ1) is 13.0. The molecule has 0 bridgehead atoms. The lowest BCUT2D eigenvalue weighted by Crippen LogP contribution is -2.38. The van der Waals surface area contributed by atoms with Gasteiger partial charge in [-0.05, 0) is 26.0 Å². The van der Waals surface area contributed by atoms with Gasteiger partial charge in [0, 0.05) is 11.3 Å². The molecule has 7 nitrogen and oxygen atoms in total. The molecule has 0 fully saturated rings. The van der Waals surface area contributed by atoms with Gasteiger partial charge in [0.25, 0.3) is 0 Å². The molecule has 3 N–H and O–H groups in total. The predicted octanol–water partition coefficient (Wildman–Crippen LogP) is 3.61. The van der Waals surface area contributed by atoms with E-state index >= 15 is 0 Å². The zero-order valence-corrected chi connectivity index (χ0v) is 15.7. The molecule has 0 aliphatic rings. The van der Waals surface area contributed by atoms with Crippen LogP contribution in [0.25, 0.3) is 11.4 Å². The second-order valence-corrected chi connectivity index (χ2v) is 7.21. The molecule has 138 valence electrons. The summed E-state index contributed by atoms with van der Waals surface area (Å²) in [6.07, 6.45) is 0. The average molecular weight is 381 g/mol. The van der Waals surface area contributed by atoms with Crippen molar-refractivity contribution in [3.63, 3.8) is 0 Å². The quantitative estimate of drug-likeness (QED) is 0.586. The Hall–Kier alpha value is -3.13. The molecule has 2 aromatic carbocycles. The van der Waals surface area contributed by atoms with Crippen molar-refractivity contribution < 1.29 is 9.59 Å². The van der Waals surface area contributed by atoms with Crippen LogP contribution in [-0.4, -0.2) is 32.4 Å². The maximum atomic E-state index is 12.2. The van der Waals surface area contributed by atoms with Crippen molar-refractivity contribution in [1.82, 2.24) is 20.5 Å². The van der Waals surface area contributed by atoms with Crippen LogP contribution in [0.2, 0.25) is 0 Å². The number of benzene rings is 2. The van der Waals surface area contributed by atoms with E-state index < -0.39 is 17.2 Å². The van der Waals surface area contributed by atoms with Gasteiger partial charge < -0.3 is 5.32 Å². The van der Waals surface area contributed by atoms with Crippen molar-refractivity contribution in [3.8, 4) is 11.4 Å². The Morgan fingerprint density at radius 3 is 2.48 bits per heavy atom. The zero-order valence-electron chi connectivity index (χ0n) is 14.9. The van der Waals surface area contributed by atoms with Crippen LogP contribution in [0, 0.1) is 6.92 Å². The molecule has 0 saturated carbocycles. The SMILES string of the molecule is Cc1ccc(-c2nc(SC(C)C(=O)NC(=O)Nc3ccccc3)n[nH]2)cc1. The topological polar surface area (TPSA) is 99.8 Å². The Morgan fingerprint density at radius 2 is 1.78 bits per heavy atom. The number of aromatic nitrogens is 3. The van der Waals surface area contributed by atoms with Gasteiger partial charge in [-0.1, -0.05) is 59.8 Å². The number of hydrogen-bond donors (Lipinski definition) is 3. The number of urea groups is 1. The lowest BCUT2D eigenvalue weighted by atomic mass is 10.1. The standard InChI is InChI=1S/C19H19N5O2S/c1-12-8-10-14(11-9-12)16-21-19(24-23-16)27-13(2)17(25)22-18(26)20-15-6-4-3-5-7-15/h3-11,13H,1-2H3,(H,21,23,24)(H2,20,22,25,26). The van der Waals surface area contributed by atoms with Crippen LogP contribution in [-0.2, 0) is 4.79 Å². The third-order valence-corrected chi connectivity index (χ3v) is 4.67. The highest BCUT2D eigenvalue weighted by atomic mass is 32.2. The minimum atomic E-state index is -0.575. The molecule has 1 unspecified atom stereocenters. The molecular weight excluding hydrogens is 362 g/mol. The van der Waals surface area contributed by atoms with Crippen molar-refractivity contribution in [2.75, 3.05) is 5.32 Å². The lowest BCUT2D eigenvalue weighted by Gasteiger charge is -2.10. The van der Waals surface area contributed by atoms with Crippen LogP contribution >= 0.6 is 11.8 Å². The van der Waals surface area contributed by atoms with Crippen LogP contribution in [0.3, 0.4) is 0 Å². The van der Waals surface area contributed by atoms with E-state index in [0.29, 0.717) is 16.7 Å². The van der Waals surface area contributed by atoms with E-state index in [9.17, 15) is 9.59 Å². The van der Waals surface area contributed by atoms with E-state index in [1.54, 1.807) is 31.2 Å². The van der Waals surface area contributed by atoms with Gasteiger partial charge in [0.1, 0.15) is 0 Å². The van der Waals surface area contributed by atoms with Crippen molar-refractivity contribution in [3.05, 3.63) is 60.2 Å². The van der Waals surface area contributed by atoms with E-state index in [4.69, 9.17) is 0 Å². The highest BCUT2D eigenvalue weighted by Gasteiger charge is 2.19. The fourth-order valence-corrected chi connectivity index (χ4v) is 2.97. The summed E-state index contributed by atoms with van der Waals surface area (Å²) in [6, 6.07) is 16.2. The molecule has 0 aliphatic carbocycles. The van der Waals surface area contributed by atoms with Crippen molar-refractivity contribution in [2.45, 2.75) is 24.3 Å². The molecule has 0 spiro atoms. The van der Waals surface area contributed by atoms with E-state index in [0.717, 1.165) is 11.1 Å². The second-order valence-electron chi connectivity index (χ2n) is 5.90. The van der Waals surface area contributed by atoms with E-state index in [1.807, 2.05) is 37.3 Å². The van der Waals surface area contributed by atoms with Gasteiger partial charge in [0.2, 0.25) is 11.1 Å². The number of rotatable bonds is 5. The van der Waals surface area contributed by atoms with Gasteiger partial charge >= 0.3 is 6.03 Å². The summed E-state index contributed by atoms with van der Waals surface area (Å²) in [4.78, 5) is 28.5. The zero-order chi connectivity index (χ0) is 19.2. The summed E-state index contributed by atoms with van der Waals surface area (Å²) in [5.41, 5.74) is 2.69. The van der Waals surface area contributed by atoms with E-state index in [-0.39, 0.29) is 0 Å². The van der Waals surface area contributed by atoms with E-state index in [1.165, 1.54) is 11.8 Å². The third-order valence-electron chi connectivity index (χ3n) is 3.71. The van der Waals surface area contributed by atoms with Gasteiger partial charge in [0.05, 0.1) is 5.25 Å². The number of nitrogens with one attached hydrogen (secondary N) is 3. The van der Waals surface area contributed by atoms with Crippen LogP contribution in [0.15, 0.2) is 59.8 Å². The number of anilines is 1. The number of H-pyrrole nitrogens is 1. The average Bonchev–Trinajstić information content (AvgIpc) is 3.11. The number of imide groups is 1. The van der Waals surface area contributed by atoms with Gasteiger partial charge in [-0.25, -0.2) is 9.78 Å². The first-order valence-electron chi connectivity index (χ1n) is 8.34. The van der Waals surface area contributed by atoms with Crippen LogP contribution in [0.1, 0.15) is 12.5 Å². The van der Waals surface area contributed by atoms with Gasteiger partial charge in [-0.15, -0.1) is 5.10 Å². The molecule has 1 atom stereocenters. The summed E-state index contributed by atoms with van der Waals surface area (Å²) >= 11 is 1.17. The van der Waals surface area contributed by atoms with Crippen LogP contribution < -0.4 is 10.6 Å². The largest absolute Gasteiger partial charge is 0.325 e. The summed E-state index contributed by atoms with van der Waals surface area (Å²) < 4.78 is 0. The monoisotopic (exact) mass is 381 g/mol. The van der Waals surface area contributed by atoms with Crippen molar-refractivity contribution >= 4 is 29.4 Å². The fourth-order valence-electron chi connectivity index (χ4n) is 2.25. The molecule has 8 heteroatoms. The summed E-state index contributed by atoms with van der Waals surface area (Å²) in [6.45, 7) is 3.71. The van der Waals surface area contributed by atoms with Crippen LogP contribution in [0.4, 0.5) is 10.5 Å². The molecule has 1 heterocycles. The smallest absolute Gasteiger partial charge is 0.308 e. The number of amides is 3. The van der Waals surface area contributed by atoms with Crippen molar-refractivity contribution in [2.24, 2.45) is 0 Å². The van der Waals surface area contributed by atoms with Gasteiger partial charge in [0.15, 0.2) is 5.82 Å². The molecule has 1 aromatic heterocycles. The molecule has 0 radical (unpaired) electrons. The first-order valence-corrected chi connectivity index (χ1v) is 9.22. The number of carbonyl (C=O) groups excluding carboxylic acids is 2. The maximum absolute atomic E-state index is 12.2. The number of aromatic amines is 1. The Bertz CT molecular complexity index is 925. The Morgan fingerprint density at radius 1 is 1.07 bits per heavy atom. The highest BCUT2D eigenvalue weighted by Crippen LogP contribution is 2.23. The number of aryl methyl sites for hydroxylation is 1. The molecule has 3 rings (SSSR count). The summed E-state index contributed by atoms with van der Waals surface area (Å²) in [5.74, 6) is 0.210. The number of para-hydroxylation sites is 1. The van der Waals surface area contributed by atoms with Crippen LogP contribution in [0.5, 0.6) is 0 Å². The molecular formula is C19H19N5O2S. The minimum absolute atomic E-state index is 0.421. The molecule has 0 aliphatic heterocycles. The summed E-state index contributed by atoms with van der Waals surface area (Å²) in [5, 5.41) is 11.8. The number of thioether (sulfide) groups is 1. The molecule has 0 saturated heterocycles. The highest BCUT2D eigenvalue weighted by molar-refractivity contribution is 8.00. The Balaban J connectivity index is 1.55. The van der Waals surface area contributed by atoms with Crippen molar-refractivity contribution in [1.29, 1.82) is 0 Å². The fraction of sp³-hybridized carbons (Fsp3) is 0.158. The number of nitrogens with zero attached hydrogens (tertiary/aromatic N) is 2. The van der Waals surface area contributed by atoms with E-state index in [2.05, 4.69) is 25.8 Å². The van der Waals surface area contributed by atoms with Gasteiger partial charge in [-0.2, -0.15) is 0 Å². The lowest BCUT2D eigenvalue weighted by molar-refractivity contribution is -0.119. The maximum Gasteiger partial charge on any atom is 0.325 e. The molecule has 3 amide bonds. The number of carbonyl (C=O) groups is 2. The minimum Gasteiger partial charge on any atom is -0.308 e. The third kappa shape index (κ3) is 5.18. The number of hydrogen-bond acceptors (Lipinski definition) is 5. The molecule has 3 aromatic rings. The normalized spacial score (nSPS) is 11.6. The Labute approximate surface area is 161 Å². The predicted molar refractivity (Wildman–Crippen MR) is 105 cm³/mol.